The first-order chi connectivity index (χ1) is 12.3. The zero-order valence-electron chi connectivity index (χ0n) is 14.6. The lowest BCUT2D eigenvalue weighted by Gasteiger charge is -2.19. The van der Waals surface area contributed by atoms with Crippen LogP contribution in [0.3, 0.4) is 0 Å². The molecule has 0 fully saturated rings. The molecule has 1 amide bonds. The van der Waals surface area contributed by atoms with E-state index in [1.807, 2.05) is 0 Å². The van der Waals surface area contributed by atoms with Crippen LogP contribution in [0.15, 0.2) is 47.4 Å². The standard InChI is InChI=1S/C18H21FN2O4S/c1-3-21(10-11-22)18(23)14-4-6-15(7-5-14)20-26(24,25)16-8-9-17(19)13(2)12-16/h4-9,12,20,22H,3,10-11H2,1-2H3. The predicted octanol–water partition coefficient (Wildman–Crippen LogP) is 2.39. The Morgan fingerprint density at radius 1 is 1.19 bits per heavy atom. The van der Waals surface area contributed by atoms with Crippen LogP contribution in [0.1, 0.15) is 22.8 Å². The van der Waals surface area contributed by atoms with E-state index in [2.05, 4.69) is 4.72 Å². The molecule has 6 nitrogen and oxygen atoms in total. The van der Waals surface area contributed by atoms with Crippen molar-refractivity contribution in [3.63, 3.8) is 0 Å². The first-order valence-electron chi connectivity index (χ1n) is 8.07. The van der Waals surface area contributed by atoms with Crippen molar-refractivity contribution in [2.24, 2.45) is 0 Å². The van der Waals surface area contributed by atoms with Gasteiger partial charge in [-0.2, -0.15) is 0 Å². The maximum atomic E-state index is 13.3. The summed E-state index contributed by atoms with van der Waals surface area (Å²) in [6.07, 6.45) is 0. The highest BCUT2D eigenvalue weighted by Crippen LogP contribution is 2.19. The third kappa shape index (κ3) is 4.59. The number of nitrogens with one attached hydrogen (secondary N) is 1. The zero-order chi connectivity index (χ0) is 19.3. The van der Waals surface area contributed by atoms with Crippen LogP contribution >= 0.6 is 0 Å². The first-order valence-corrected chi connectivity index (χ1v) is 9.56. The normalized spacial score (nSPS) is 11.2. The Morgan fingerprint density at radius 3 is 2.38 bits per heavy atom. The second kappa shape index (κ2) is 8.29. The quantitative estimate of drug-likeness (QED) is 0.772. The molecule has 8 heteroatoms. The van der Waals surface area contributed by atoms with E-state index in [1.165, 1.54) is 48.2 Å². The van der Waals surface area contributed by atoms with Crippen molar-refractivity contribution in [3.05, 3.63) is 59.4 Å². The van der Waals surface area contributed by atoms with Crippen molar-refractivity contribution < 1.29 is 22.7 Å². The SMILES string of the molecule is CCN(CCO)C(=O)c1ccc(NS(=O)(=O)c2ccc(F)c(C)c2)cc1. The van der Waals surface area contributed by atoms with Crippen LogP contribution in [0.25, 0.3) is 0 Å². The van der Waals surface area contributed by atoms with E-state index in [0.717, 1.165) is 6.07 Å². The Hall–Kier alpha value is -2.45. The molecule has 26 heavy (non-hydrogen) atoms. The number of hydrogen-bond donors (Lipinski definition) is 2. The largest absolute Gasteiger partial charge is 0.395 e. The van der Waals surface area contributed by atoms with Crippen molar-refractivity contribution in [1.82, 2.24) is 4.90 Å². The molecule has 2 aromatic rings. The summed E-state index contributed by atoms with van der Waals surface area (Å²) in [6, 6.07) is 9.53. The molecule has 0 spiro atoms. The highest BCUT2D eigenvalue weighted by molar-refractivity contribution is 7.92. The van der Waals surface area contributed by atoms with Crippen molar-refractivity contribution in [1.29, 1.82) is 0 Å². The number of aliphatic hydroxyl groups excluding tert-OH is 1. The first kappa shape index (κ1) is 19.9. The fourth-order valence-electron chi connectivity index (χ4n) is 2.39. The van der Waals surface area contributed by atoms with Crippen molar-refractivity contribution in [3.8, 4) is 0 Å². The van der Waals surface area contributed by atoms with Gasteiger partial charge in [0.15, 0.2) is 0 Å². The molecule has 0 bridgehead atoms. The maximum absolute atomic E-state index is 13.3. The molecule has 0 aliphatic carbocycles. The summed E-state index contributed by atoms with van der Waals surface area (Å²) in [5, 5.41) is 8.99. The molecule has 0 saturated heterocycles. The number of benzene rings is 2. The van der Waals surface area contributed by atoms with E-state index in [4.69, 9.17) is 5.11 Å². The Balaban J connectivity index is 2.18. The van der Waals surface area contributed by atoms with Crippen LogP contribution in [-0.2, 0) is 10.0 Å². The average Bonchev–Trinajstić information content (AvgIpc) is 2.61. The van der Waals surface area contributed by atoms with Crippen LogP contribution < -0.4 is 4.72 Å². The van der Waals surface area contributed by atoms with Gasteiger partial charge < -0.3 is 10.0 Å². The van der Waals surface area contributed by atoms with Gasteiger partial charge in [0.25, 0.3) is 15.9 Å². The lowest BCUT2D eigenvalue weighted by atomic mass is 10.2. The van der Waals surface area contributed by atoms with Crippen LogP contribution in [-0.4, -0.2) is 44.0 Å². The number of aryl methyl sites for hydroxylation is 1. The second-order valence-electron chi connectivity index (χ2n) is 5.70. The fourth-order valence-corrected chi connectivity index (χ4v) is 3.53. The second-order valence-corrected chi connectivity index (χ2v) is 7.38. The van der Waals surface area contributed by atoms with Crippen molar-refractivity contribution >= 4 is 21.6 Å². The molecule has 0 aliphatic rings. The Morgan fingerprint density at radius 2 is 1.85 bits per heavy atom. The van der Waals surface area contributed by atoms with Crippen LogP contribution in [0, 0.1) is 12.7 Å². The Labute approximate surface area is 152 Å². The van der Waals surface area contributed by atoms with Gasteiger partial charge in [0.2, 0.25) is 0 Å². The van der Waals surface area contributed by atoms with Crippen molar-refractivity contribution in [2.75, 3.05) is 24.4 Å². The number of hydrogen-bond acceptors (Lipinski definition) is 4. The molecule has 0 heterocycles. The molecular weight excluding hydrogens is 359 g/mol. The monoisotopic (exact) mass is 380 g/mol. The smallest absolute Gasteiger partial charge is 0.261 e. The van der Waals surface area contributed by atoms with E-state index in [1.54, 1.807) is 6.92 Å². The molecule has 2 rings (SSSR count). The number of amides is 1. The molecule has 0 unspecified atom stereocenters. The summed E-state index contributed by atoms with van der Waals surface area (Å²) < 4.78 is 40.5. The van der Waals surface area contributed by atoms with Gasteiger partial charge in [-0.15, -0.1) is 0 Å². The van der Waals surface area contributed by atoms with Gasteiger partial charge in [0.05, 0.1) is 11.5 Å². The van der Waals surface area contributed by atoms with Gasteiger partial charge >= 0.3 is 0 Å². The minimum atomic E-state index is -3.86. The number of carbonyl (C=O) groups is 1. The number of carbonyl (C=O) groups excluding carboxylic acids is 1. The minimum Gasteiger partial charge on any atom is -0.395 e. The summed E-state index contributed by atoms with van der Waals surface area (Å²) in [5.74, 6) is -0.722. The van der Waals surface area contributed by atoms with Gasteiger partial charge in [0, 0.05) is 24.3 Å². The third-order valence-corrected chi connectivity index (χ3v) is 5.24. The maximum Gasteiger partial charge on any atom is 0.261 e. The summed E-state index contributed by atoms with van der Waals surface area (Å²) in [5.41, 5.74) is 0.909. The van der Waals surface area contributed by atoms with E-state index in [0.29, 0.717) is 12.1 Å². The fraction of sp³-hybridized carbons (Fsp3) is 0.278. The summed E-state index contributed by atoms with van der Waals surface area (Å²) >= 11 is 0. The minimum absolute atomic E-state index is 0.0448. The third-order valence-electron chi connectivity index (χ3n) is 3.86. The van der Waals surface area contributed by atoms with E-state index >= 15 is 0 Å². The van der Waals surface area contributed by atoms with Gasteiger partial charge in [-0.05, 0) is 61.9 Å². The highest BCUT2D eigenvalue weighted by atomic mass is 32.2. The Bertz CT molecular complexity index is 883. The van der Waals surface area contributed by atoms with E-state index in [9.17, 15) is 17.6 Å². The molecule has 0 radical (unpaired) electrons. The number of rotatable bonds is 7. The lowest BCUT2D eigenvalue weighted by Crippen LogP contribution is -2.33. The lowest BCUT2D eigenvalue weighted by molar-refractivity contribution is 0.0732. The topological polar surface area (TPSA) is 86.7 Å². The van der Waals surface area contributed by atoms with Gasteiger partial charge in [-0.3, -0.25) is 9.52 Å². The molecule has 0 aliphatic heterocycles. The molecular formula is C18H21FN2O4S. The van der Waals surface area contributed by atoms with Crippen molar-refractivity contribution in [2.45, 2.75) is 18.7 Å². The average molecular weight is 380 g/mol. The number of anilines is 1. The zero-order valence-corrected chi connectivity index (χ0v) is 15.4. The summed E-state index contributed by atoms with van der Waals surface area (Å²) in [7, 11) is -3.86. The molecule has 140 valence electrons. The molecule has 0 saturated carbocycles. The number of likely N-dealkylation sites (N-methyl/N-ethyl adjacent to an activating group) is 1. The molecule has 2 aromatic carbocycles. The molecule has 0 atom stereocenters. The molecule has 0 aromatic heterocycles. The molecule has 2 N–H and O–H groups in total. The number of aliphatic hydroxyl groups is 1. The van der Waals surface area contributed by atoms with Gasteiger partial charge in [0.1, 0.15) is 5.82 Å². The Kier molecular flexibility index (Phi) is 6.33. The van der Waals surface area contributed by atoms with Gasteiger partial charge in [-0.1, -0.05) is 0 Å². The summed E-state index contributed by atoms with van der Waals surface area (Å²) in [6.45, 7) is 3.85. The predicted molar refractivity (Wildman–Crippen MR) is 97.1 cm³/mol. The number of halogens is 1. The summed E-state index contributed by atoms with van der Waals surface area (Å²) in [4.78, 5) is 13.7. The van der Waals surface area contributed by atoms with E-state index < -0.39 is 15.8 Å². The van der Waals surface area contributed by atoms with E-state index in [-0.39, 0.29) is 35.2 Å². The highest BCUT2D eigenvalue weighted by Gasteiger charge is 2.17. The number of sulfonamides is 1. The van der Waals surface area contributed by atoms with Crippen LogP contribution in [0.4, 0.5) is 10.1 Å². The van der Waals surface area contributed by atoms with Gasteiger partial charge in [-0.25, -0.2) is 12.8 Å². The van der Waals surface area contributed by atoms with Crippen LogP contribution in [0.2, 0.25) is 0 Å². The number of nitrogens with zero attached hydrogens (tertiary/aromatic N) is 1. The van der Waals surface area contributed by atoms with Crippen LogP contribution in [0.5, 0.6) is 0 Å².